The van der Waals surface area contributed by atoms with Gasteiger partial charge in [0.2, 0.25) is 0 Å². The predicted molar refractivity (Wildman–Crippen MR) is 107 cm³/mol. The number of pyridine rings is 1. The second-order valence-electron chi connectivity index (χ2n) is 6.18. The Balaban J connectivity index is 1.62. The van der Waals surface area contributed by atoms with Crippen LogP contribution in [0.15, 0.2) is 60.8 Å². The molecule has 2 N–H and O–H groups in total. The number of nitrogens with zero attached hydrogens (tertiary/aromatic N) is 1. The van der Waals surface area contributed by atoms with Crippen LogP contribution >= 0.6 is 11.6 Å². The van der Waals surface area contributed by atoms with Gasteiger partial charge >= 0.3 is 0 Å². The van der Waals surface area contributed by atoms with Crippen LogP contribution in [0.1, 0.15) is 27.2 Å². The number of nitrogens with one attached hydrogen (secondary N) is 2. The SMILES string of the molecule is Cc1ccc(C)c(NC(=O)c2ccc(NCc3ccc(Cl)cc3)cn2)c1. The van der Waals surface area contributed by atoms with Gasteiger partial charge in [-0.05, 0) is 60.9 Å². The van der Waals surface area contributed by atoms with Gasteiger partial charge in [0.25, 0.3) is 5.91 Å². The summed E-state index contributed by atoms with van der Waals surface area (Å²) in [5.41, 5.74) is 5.27. The number of benzene rings is 2. The maximum atomic E-state index is 12.4. The molecule has 0 aliphatic carbocycles. The second-order valence-corrected chi connectivity index (χ2v) is 6.62. The van der Waals surface area contributed by atoms with Crippen molar-refractivity contribution < 1.29 is 4.79 Å². The Morgan fingerprint density at radius 1 is 1.04 bits per heavy atom. The molecule has 0 fully saturated rings. The van der Waals surface area contributed by atoms with E-state index >= 15 is 0 Å². The lowest BCUT2D eigenvalue weighted by Gasteiger charge is -2.10. The molecule has 3 rings (SSSR count). The standard InChI is InChI=1S/C21H20ClN3O/c1-14-3-4-15(2)20(11-14)25-21(26)19-10-9-18(13-24-19)23-12-16-5-7-17(22)8-6-16/h3-11,13,23H,12H2,1-2H3,(H,25,26). The van der Waals surface area contributed by atoms with E-state index in [4.69, 9.17) is 11.6 Å². The van der Waals surface area contributed by atoms with Crippen LogP contribution in [0.5, 0.6) is 0 Å². The van der Waals surface area contributed by atoms with E-state index in [0.717, 1.165) is 33.1 Å². The van der Waals surface area contributed by atoms with Crippen molar-refractivity contribution in [3.8, 4) is 0 Å². The van der Waals surface area contributed by atoms with Crippen molar-refractivity contribution >= 4 is 28.9 Å². The predicted octanol–water partition coefficient (Wildman–Crippen LogP) is 5.22. The highest BCUT2D eigenvalue weighted by Gasteiger charge is 2.09. The normalized spacial score (nSPS) is 10.4. The fourth-order valence-corrected chi connectivity index (χ4v) is 2.62. The number of carbonyl (C=O) groups is 1. The van der Waals surface area contributed by atoms with Crippen LogP contribution in [0.3, 0.4) is 0 Å². The monoisotopic (exact) mass is 365 g/mol. The van der Waals surface area contributed by atoms with E-state index in [-0.39, 0.29) is 5.91 Å². The summed E-state index contributed by atoms with van der Waals surface area (Å²) in [6.07, 6.45) is 1.66. The smallest absolute Gasteiger partial charge is 0.274 e. The molecular weight excluding hydrogens is 346 g/mol. The molecule has 0 radical (unpaired) electrons. The molecule has 1 amide bonds. The summed E-state index contributed by atoms with van der Waals surface area (Å²) in [4.78, 5) is 16.7. The van der Waals surface area contributed by atoms with Crippen molar-refractivity contribution in [3.05, 3.63) is 88.2 Å². The summed E-state index contributed by atoms with van der Waals surface area (Å²) in [5.74, 6) is -0.219. The molecule has 0 unspecified atom stereocenters. The molecule has 0 aliphatic rings. The Kier molecular flexibility index (Phi) is 5.54. The van der Waals surface area contributed by atoms with Crippen LogP contribution in [0.2, 0.25) is 5.02 Å². The van der Waals surface area contributed by atoms with Gasteiger partial charge in [-0.1, -0.05) is 35.9 Å². The van der Waals surface area contributed by atoms with Gasteiger partial charge in [0, 0.05) is 17.3 Å². The van der Waals surface area contributed by atoms with E-state index in [0.29, 0.717) is 12.2 Å². The lowest BCUT2D eigenvalue weighted by Crippen LogP contribution is -2.14. The lowest BCUT2D eigenvalue weighted by molar-refractivity contribution is 0.102. The molecular formula is C21H20ClN3O. The highest BCUT2D eigenvalue weighted by molar-refractivity contribution is 6.30. The molecule has 132 valence electrons. The van der Waals surface area contributed by atoms with E-state index in [9.17, 15) is 4.79 Å². The van der Waals surface area contributed by atoms with Crippen LogP contribution in [0, 0.1) is 13.8 Å². The third-order valence-corrected chi connectivity index (χ3v) is 4.30. The maximum absolute atomic E-state index is 12.4. The number of anilines is 2. The number of hydrogen-bond acceptors (Lipinski definition) is 3. The molecule has 26 heavy (non-hydrogen) atoms. The number of aryl methyl sites for hydroxylation is 2. The van der Waals surface area contributed by atoms with Crippen LogP contribution in [0.4, 0.5) is 11.4 Å². The van der Waals surface area contributed by atoms with Crippen LogP contribution in [0.25, 0.3) is 0 Å². The van der Waals surface area contributed by atoms with Crippen molar-refractivity contribution in [3.63, 3.8) is 0 Å². The number of amides is 1. The van der Waals surface area contributed by atoms with Gasteiger partial charge in [-0.2, -0.15) is 0 Å². The molecule has 0 atom stereocenters. The Bertz CT molecular complexity index is 906. The number of carbonyl (C=O) groups excluding carboxylic acids is 1. The molecule has 2 aromatic carbocycles. The molecule has 4 nitrogen and oxygen atoms in total. The molecule has 3 aromatic rings. The fraction of sp³-hybridized carbons (Fsp3) is 0.143. The van der Waals surface area contributed by atoms with E-state index in [1.54, 1.807) is 12.3 Å². The largest absolute Gasteiger partial charge is 0.380 e. The Hall–Kier alpha value is -2.85. The fourth-order valence-electron chi connectivity index (χ4n) is 2.50. The van der Waals surface area contributed by atoms with Crippen LogP contribution < -0.4 is 10.6 Å². The van der Waals surface area contributed by atoms with Gasteiger partial charge < -0.3 is 10.6 Å². The first kappa shape index (κ1) is 18.0. The average Bonchev–Trinajstić information content (AvgIpc) is 2.64. The third-order valence-electron chi connectivity index (χ3n) is 4.05. The quantitative estimate of drug-likeness (QED) is 0.652. The average molecular weight is 366 g/mol. The molecule has 1 heterocycles. The van der Waals surface area contributed by atoms with E-state index < -0.39 is 0 Å². The van der Waals surface area contributed by atoms with Gasteiger partial charge in [-0.15, -0.1) is 0 Å². The van der Waals surface area contributed by atoms with Crippen LogP contribution in [-0.2, 0) is 6.54 Å². The van der Waals surface area contributed by atoms with E-state index in [2.05, 4.69) is 15.6 Å². The van der Waals surface area contributed by atoms with Gasteiger partial charge in [-0.25, -0.2) is 4.98 Å². The molecule has 0 saturated heterocycles. The lowest BCUT2D eigenvalue weighted by atomic mass is 10.1. The molecule has 5 heteroatoms. The van der Waals surface area contributed by atoms with Crippen molar-refractivity contribution in [2.24, 2.45) is 0 Å². The van der Waals surface area contributed by atoms with Gasteiger partial charge in [-0.3, -0.25) is 4.79 Å². The topological polar surface area (TPSA) is 54.0 Å². The Labute approximate surface area is 158 Å². The van der Waals surface area contributed by atoms with Crippen LogP contribution in [-0.4, -0.2) is 10.9 Å². The first-order valence-electron chi connectivity index (χ1n) is 8.34. The van der Waals surface area contributed by atoms with Gasteiger partial charge in [0.15, 0.2) is 0 Å². The highest BCUT2D eigenvalue weighted by Crippen LogP contribution is 2.18. The summed E-state index contributed by atoms with van der Waals surface area (Å²) in [6.45, 7) is 4.62. The molecule has 0 saturated carbocycles. The van der Waals surface area contributed by atoms with E-state index in [1.807, 2.05) is 62.4 Å². The van der Waals surface area contributed by atoms with Crippen molar-refractivity contribution in [1.29, 1.82) is 0 Å². The summed E-state index contributed by atoms with van der Waals surface area (Å²) >= 11 is 5.88. The minimum Gasteiger partial charge on any atom is -0.380 e. The zero-order valence-corrected chi connectivity index (χ0v) is 15.5. The molecule has 0 bridgehead atoms. The van der Waals surface area contributed by atoms with Crippen molar-refractivity contribution in [1.82, 2.24) is 4.98 Å². The van der Waals surface area contributed by atoms with Gasteiger partial charge in [0.05, 0.1) is 11.9 Å². The summed E-state index contributed by atoms with van der Waals surface area (Å²) in [6, 6.07) is 17.2. The molecule has 1 aromatic heterocycles. The van der Waals surface area contributed by atoms with Crippen molar-refractivity contribution in [2.75, 3.05) is 10.6 Å². The molecule has 0 spiro atoms. The number of halogens is 1. The minimum absolute atomic E-state index is 0.219. The first-order chi connectivity index (χ1) is 12.5. The first-order valence-corrected chi connectivity index (χ1v) is 8.72. The third kappa shape index (κ3) is 4.61. The Morgan fingerprint density at radius 3 is 2.50 bits per heavy atom. The summed E-state index contributed by atoms with van der Waals surface area (Å²) < 4.78 is 0. The zero-order chi connectivity index (χ0) is 18.5. The van der Waals surface area contributed by atoms with Gasteiger partial charge in [0.1, 0.15) is 5.69 Å². The number of rotatable bonds is 5. The zero-order valence-electron chi connectivity index (χ0n) is 14.7. The minimum atomic E-state index is -0.219. The second kappa shape index (κ2) is 8.02. The van der Waals surface area contributed by atoms with E-state index in [1.165, 1.54) is 0 Å². The number of aromatic nitrogens is 1. The molecule has 0 aliphatic heterocycles. The summed E-state index contributed by atoms with van der Waals surface area (Å²) in [7, 11) is 0. The summed E-state index contributed by atoms with van der Waals surface area (Å²) in [5, 5.41) is 6.91. The Morgan fingerprint density at radius 2 is 1.81 bits per heavy atom. The number of hydrogen-bond donors (Lipinski definition) is 2. The maximum Gasteiger partial charge on any atom is 0.274 e. The highest BCUT2D eigenvalue weighted by atomic mass is 35.5. The van der Waals surface area contributed by atoms with Crippen molar-refractivity contribution in [2.45, 2.75) is 20.4 Å².